The number of carbonyl (C=O) groups is 1. The zero-order valence-electron chi connectivity index (χ0n) is 35.6. The van der Waals surface area contributed by atoms with E-state index in [-0.39, 0.29) is 145 Å². The van der Waals surface area contributed by atoms with Crippen LogP contribution >= 0.6 is 39.1 Å². The third kappa shape index (κ3) is 17.1. The first kappa shape index (κ1) is 56.3. The van der Waals surface area contributed by atoms with Gasteiger partial charge in [0.25, 0.3) is 19.3 Å². The normalized spacial score (nSPS) is 15.7. The van der Waals surface area contributed by atoms with Crippen LogP contribution in [0.5, 0.6) is 0 Å². The first-order chi connectivity index (χ1) is 26.3. The molecule has 3 heterocycles. The molecule has 0 radical (unpaired) electrons. The molecule has 1 fully saturated rings. The molecule has 1 aliphatic heterocycles. The summed E-state index contributed by atoms with van der Waals surface area (Å²) in [5, 5.41) is 16.6. The van der Waals surface area contributed by atoms with Gasteiger partial charge in [0.1, 0.15) is 4.84 Å². The summed E-state index contributed by atoms with van der Waals surface area (Å²) in [5.41, 5.74) is 6.71. The van der Waals surface area contributed by atoms with Crippen LogP contribution in [0.3, 0.4) is 0 Å². The van der Waals surface area contributed by atoms with E-state index in [4.69, 9.17) is 42.6 Å². The molecule has 0 atom stereocenters. The van der Waals surface area contributed by atoms with Gasteiger partial charge in [-0.15, -0.1) is 23.2 Å². The van der Waals surface area contributed by atoms with Crippen LogP contribution < -0.4 is 113 Å². The van der Waals surface area contributed by atoms with Crippen molar-refractivity contribution in [1.29, 1.82) is 0 Å². The zero-order chi connectivity index (χ0) is 41.8. The predicted octanol–water partition coefficient (Wildman–Crippen LogP) is 3.25. The van der Waals surface area contributed by atoms with Crippen LogP contribution in [-0.2, 0) is 58.8 Å². The van der Waals surface area contributed by atoms with Gasteiger partial charge in [0.05, 0.1) is 17.4 Å². The fourth-order valence-corrected chi connectivity index (χ4v) is 6.84. The second kappa shape index (κ2) is 26.8. The topological polar surface area (TPSA) is 103 Å². The van der Waals surface area contributed by atoms with E-state index < -0.39 is 12.9 Å². The van der Waals surface area contributed by atoms with Gasteiger partial charge in [0.2, 0.25) is 0 Å². The fourth-order valence-electron chi connectivity index (χ4n) is 6.28. The Morgan fingerprint density at radius 2 is 1.21 bits per heavy atom. The van der Waals surface area contributed by atoms with Gasteiger partial charge in [-0.3, -0.25) is 14.2 Å². The summed E-state index contributed by atoms with van der Waals surface area (Å²) in [6.07, 6.45) is 10.7. The number of hydrogen-bond donors (Lipinski definition) is 0. The average Bonchev–Trinajstić information content (AvgIpc) is 3.83. The van der Waals surface area contributed by atoms with Gasteiger partial charge in [0.15, 0.2) is 0 Å². The number of fused-ring (bicyclic) bond motifs is 2. The number of nitrogens with zero attached hydrogens (tertiary/aromatic N) is 4. The van der Waals surface area contributed by atoms with Gasteiger partial charge < -0.3 is 20.9 Å². The molecule has 0 saturated carbocycles. The first-order valence-corrected chi connectivity index (χ1v) is 19.8. The Morgan fingerprint density at radius 1 is 0.810 bits per heavy atom. The van der Waals surface area contributed by atoms with Gasteiger partial charge in [0, 0.05) is 59.3 Å². The van der Waals surface area contributed by atoms with E-state index >= 15 is 0 Å². The Hall–Kier alpha value is 0.328. The largest absolute Gasteiger partial charge is 1.00 e. The Labute approximate surface area is 444 Å². The van der Waals surface area contributed by atoms with Crippen LogP contribution in [-0.4, -0.2) is 49.2 Å². The number of alkyl halides is 6. The molecule has 0 bridgehead atoms. The van der Waals surface area contributed by atoms with Crippen LogP contribution in [0.4, 0.5) is 17.6 Å². The minimum atomic E-state index is -2.44. The third-order valence-corrected chi connectivity index (χ3v) is 10.4. The van der Waals surface area contributed by atoms with Crippen LogP contribution in [0, 0.1) is 0 Å². The van der Waals surface area contributed by atoms with Crippen LogP contribution in [0.2, 0.25) is 0 Å². The fraction of sp³-hybridized carbons (Fsp3) is 0.513. The van der Waals surface area contributed by atoms with Gasteiger partial charge in [-0.2, -0.15) is 10.2 Å². The summed E-state index contributed by atoms with van der Waals surface area (Å²) in [4.78, 5) is 11.0. The molecule has 58 heavy (non-hydrogen) atoms. The summed E-state index contributed by atoms with van der Waals surface area (Å²) in [7, 11) is 3.38. The molecule has 19 heteroatoms. The van der Waals surface area contributed by atoms with Crippen molar-refractivity contribution < 1.29 is 146 Å². The molecular formula is C39H50BBrCl2F4K2N4O5. The van der Waals surface area contributed by atoms with Crippen molar-refractivity contribution in [2.24, 2.45) is 14.1 Å². The van der Waals surface area contributed by atoms with Gasteiger partial charge in [-0.25, -0.2) is 17.6 Å². The molecule has 9 nitrogen and oxygen atoms in total. The van der Waals surface area contributed by atoms with Crippen LogP contribution in [0.25, 0.3) is 11.1 Å². The molecule has 0 unspecified atom stereocenters. The second-order valence-electron chi connectivity index (χ2n) is 14.5. The van der Waals surface area contributed by atoms with Gasteiger partial charge >= 0.3 is 110 Å². The Morgan fingerprint density at radius 3 is 1.59 bits per heavy atom. The molecular weight excluding hydrogens is 920 g/mol. The van der Waals surface area contributed by atoms with E-state index in [0.29, 0.717) is 10.0 Å². The van der Waals surface area contributed by atoms with E-state index in [2.05, 4.69) is 31.0 Å². The number of benzene rings is 2. The summed E-state index contributed by atoms with van der Waals surface area (Å²) >= 11 is 13.3. The predicted molar refractivity (Wildman–Crippen MR) is 214 cm³/mol. The number of hydrogen-bond acceptors (Lipinski definition) is 7. The van der Waals surface area contributed by atoms with Gasteiger partial charge in [-0.05, 0) is 132 Å². The second-order valence-corrected chi connectivity index (χ2v) is 16.9. The van der Waals surface area contributed by atoms with Crippen molar-refractivity contribution in [3.8, 4) is 11.1 Å². The third-order valence-electron chi connectivity index (χ3n) is 9.75. The van der Waals surface area contributed by atoms with Crippen molar-refractivity contribution in [3.05, 3.63) is 86.9 Å². The number of carbonyl (C=O) groups excluding carboxylic acids is 1. The molecule has 1 saturated heterocycles. The minimum absolute atomic E-state index is 0. The SMILES string of the molecule is CC(Cl)Cl.Cn1cc(-c2cc3c(cc2C(F)F)CCCC3)cn1.Cn1cc(B2OC(C)(C)C(C)(C)O2)cn1.FC(F)c1cc2c(cc1Br)CCCC2.O=CO[O-].[H-].[K+].[K+]. The van der Waals surface area contributed by atoms with Gasteiger partial charge in [-0.1, -0.05) is 22.0 Å². The van der Waals surface area contributed by atoms with Crippen molar-refractivity contribution in [2.75, 3.05) is 0 Å². The number of aryl methyl sites for hydroxylation is 6. The molecule has 3 aliphatic rings. The molecule has 0 amide bonds. The van der Waals surface area contributed by atoms with Crippen molar-refractivity contribution in [1.82, 2.24) is 19.6 Å². The summed E-state index contributed by atoms with van der Waals surface area (Å²) in [6.45, 7) is 9.70. The molecule has 0 N–H and O–H groups in total. The summed E-state index contributed by atoms with van der Waals surface area (Å²) < 4.78 is 67.4. The maximum Gasteiger partial charge on any atom is 1.00 e. The van der Waals surface area contributed by atoms with E-state index in [1.165, 1.54) is 17.5 Å². The van der Waals surface area contributed by atoms with E-state index in [1.807, 2.05) is 53.1 Å². The number of aromatic nitrogens is 4. The molecule has 0 spiro atoms. The summed E-state index contributed by atoms with van der Waals surface area (Å²) in [5.74, 6) is 0. The molecule has 310 valence electrons. The van der Waals surface area contributed by atoms with E-state index in [1.54, 1.807) is 54.1 Å². The smallest absolute Gasteiger partial charge is 1.00 e. The minimum Gasteiger partial charge on any atom is -1.00 e. The quantitative estimate of drug-likeness (QED) is 0.0757. The summed E-state index contributed by atoms with van der Waals surface area (Å²) in [6, 6.07) is 7.15. The van der Waals surface area contributed by atoms with E-state index in [9.17, 15) is 17.6 Å². The van der Waals surface area contributed by atoms with Crippen molar-refractivity contribution in [3.63, 3.8) is 0 Å². The van der Waals surface area contributed by atoms with E-state index in [0.717, 1.165) is 67.1 Å². The van der Waals surface area contributed by atoms with Crippen LogP contribution in [0.15, 0.2) is 53.5 Å². The van der Waals surface area contributed by atoms with Crippen molar-refractivity contribution >= 4 is 58.2 Å². The maximum absolute atomic E-state index is 13.3. The monoisotopic (exact) mass is 968 g/mol. The Kier molecular flexibility index (Phi) is 26.1. The molecule has 2 aromatic carbocycles. The number of rotatable bonds is 5. The first-order valence-electron chi connectivity index (χ1n) is 18.2. The molecule has 4 aromatic rings. The van der Waals surface area contributed by atoms with Crippen molar-refractivity contribution in [2.45, 2.75) is 115 Å². The maximum atomic E-state index is 13.3. The molecule has 2 aromatic heterocycles. The average molecular weight is 971 g/mol. The standard InChI is InChI=1S/C15H16F2N2.C11H11BrF2.C10H17BN2O2.C2H4Cl2.CH2O3.2K.H/c1-19-9-12(8-18-19)13-6-10-4-2-3-5-11(10)7-14(13)15(16)17;12-10-6-8-4-2-1-3-7(8)5-9(10)11(13)14;1-9(2)10(3,4)15-11(14-9)8-6-12-13(5)7-8;1-2(3)4;2-1-4-3;;;/h6-9,15H,2-5H2,1H3;5-6,11H,1-4H2;6-7H,1-5H3;2H,1H3;1,3H;;;/q;;;;;2*+1;-1/p-1. The van der Waals surface area contributed by atoms with Crippen LogP contribution in [0.1, 0.15) is 108 Å². The molecule has 2 aliphatic carbocycles. The number of halogens is 7. The molecule has 7 rings (SSSR count). The Bertz CT molecular complexity index is 1860. The zero-order valence-corrected chi connectivity index (χ0v) is 44.0. The Balaban J connectivity index is 0.000000772.